The number of furan rings is 1. The Morgan fingerprint density at radius 3 is 2.74 bits per heavy atom. The number of rotatable bonds is 4. The van der Waals surface area contributed by atoms with Gasteiger partial charge in [0.1, 0.15) is 17.9 Å². The van der Waals surface area contributed by atoms with Crippen LogP contribution in [0.5, 0.6) is 0 Å². The molecular weight excluding hydrogens is 286 g/mol. The highest BCUT2D eigenvalue weighted by Crippen LogP contribution is 2.20. The van der Waals surface area contributed by atoms with E-state index in [1.807, 2.05) is 18.2 Å². The first-order valence-corrected chi connectivity index (χ1v) is 8.75. The lowest BCUT2D eigenvalue weighted by molar-refractivity contribution is 0.408. The molecule has 0 radical (unpaired) electrons. The van der Waals surface area contributed by atoms with Crippen LogP contribution in [0.1, 0.15) is 51.7 Å². The van der Waals surface area contributed by atoms with Crippen LogP contribution in [0, 0.1) is 0 Å². The van der Waals surface area contributed by atoms with Crippen molar-refractivity contribution in [2.75, 3.05) is 0 Å². The van der Waals surface area contributed by atoms with Gasteiger partial charge >= 0.3 is 0 Å². The Morgan fingerprint density at radius 1 is 1.22 bits per heavy atom. The molecule has 0 spiro atoms. The molecule has 124 valence electrons. The van der Waals surface area contributed by atoms with E-state index in [-0.39, 0.29) is 0 Å². The summed E-state index contributed by atoms with van der Waals surface area (Å²) >= 11 is 0. The van der Waals surface area contributed by atoms with Crippen molar-refractivity contribution in [3.8, 4) is 0 Å². The second-order valence-corrected chi connectivity index (χ2v) is 6.69. The zero-order valence-corrected chi connectivity index (χ0v) is 14.1. The molecule has 1 saturated carbocycles. The van der Waals surface area contributed by atoms with E-state index in [2.05, 4.69) is 36.6 Å². The summed E-state index contributed by atoms with van der Waals surface area (Å²) in [5, 5.41) is 8.15. The van der Waals surface area contributed by atoms with Gasteiger partial charge in [0.05, 0.1) is 0 Å². The lowest BCUT2D eigenvalue weighted by Crippen LogP contribution is -2.46. The van der Waals surface area contributed by atoms with Gasteiger partial charge < -0.3 is 15.1 Å². The fraction of sp³-hybridized carbons (Fsp3) is 0.526. The number of fused-ring (bicyclic) bond motifs is 1. The number of hydrogen-bond acceptors (Lipinski definition) is 2. The Morgan fingerprint density at radius 2 is 2.00 bits per heavy atom. The summed E-state index contributed by atoms with van der Waals surface area (Å²) < 4.78 is 5.85. The monoisotopic (exact) mass is 313 g/mol. The molecule has 3 rings (SSSR count). The fourth-order valence-electron chi connectivity index (χ4n) is 3.12. The molecule has 0 amide bonds. The van der Waals surface area contributed by atoms with Gasteiger partial charge in [0.25, 0.3) is 0 Å². The van der Waals surface area contributed by atoms with Crippen LogP contribution in [0.3, 0.4) is 0 Å². The molecular formula is C19H27N3O. The minimum absolute atomic E-state index is 0.362. The first-order valence-electron chi connectivity index (χ1n) is 8.75. The maximum atomic E-state index is 5.85. The summed E-state index contributed by atoms with van der Waals surface area (Å²) in [4.78, 5) is 4.72. The van der Waals surface area contributed by atoms with Gasteiger partial charge in [-0.25, -0.2) is 4.99 Å². The summed E-state index contributed by atoms with van der Waals surface area (Å²) in [6.07, 6.45) is 6.47. The van der Waals surface area contributed by atoms with Gasteiger partial charge in [-0.2, -0.15) is 0 Å². The van der Waals surface area contributed by atoms with E-state index < -0.39 is 0 Å². The smallest absolute Gasteiger partial charge is 0.192 e. The third-order valence-corrected chi connectivity index (χ3v) is 4.24. The summed E-state index contributed by atoms with van der Waals surface area (Å²) in [5.74, 6) is 1.80. The van der Waals surface area contributed by atoms with E-state index in [4.69, 9.17) is 9.41 Å². The third kappa shape index (κ3) is 4.50. The number of hydrogen-bond donors (Lipinski definition) is 2. The molecule has 0 bridgehead atoms. The maximum absolute atomic E-state index is 5.85. The first kappa shape index (κ1) is 15.9. The average Bonchev–Trinajstić information content (AvgIpc) is 2.96. The second-order valence-electron chi connectivity index (χ2n) is 6.69. The molecule has 1 fully saturated rings. The van der Waals surface area contributed by atoms with E-state index >= 15 is 0 Å². The van der Waals surface area contributed by atoms with E-state index in [0.29, 0.717) is 18.6 Å². The van der Waals surface area contributed by atoms with Crippen LogP contribution < -0.4 is 10.6 Å². The standard InChI is InChI=1S/C19H27N3O/c1-14(2)21-19(22-16-9-4-3-5-10-16)20-13-17-12-15-8-6-7-11-18(15)23-17/h6-8,11-12,14,16H,3-5,9-10,13H2,1-2H3,(H2,20,21,22). The van der Waals surface area contributed by atoms with Gasteiger partial charge in [-0.05, 0) is 38.8 Å². The summed E-state index contributed by atoms with van der Waals surface area (Å²) in [7, 11) is 0. The van der Waals surface area contributed by atoms with Crippen LogP contribution in [0.2, 0.25) is 0 Å². The Kier molecular flexibility index (Phi) is 5.21. The first-order chi connectivity index (χ1) is 11.2. The summed E-state index contributed by atoms with van der Waals surface area (Å²) in [6, 6.07) is 11.1. The van der Waals surface area contributed by atoms with Crippen LogP contribution in [0.15, 0.2) is 39.7 Å². The normalized spacial score (nSPS) is 16.9. The molecule has 4 nitrogen and oxygen atoms in total. The molecule has 0 unspecified atom stereocenters. The van der Waals surface area contributed by atoms with Crippen molar-refractivity contribution in [1.82, 2.24) is 10.6 Å². The largest absolute Gasteiger partial charge is 0.459 e. The lowest BCUT2D eigenvalue weighted by atomic mass is 9.96. The quantitative estimate of drug-likeness (QED) is 0.656. The minimum Gasteiger partial charge on any atom is -0.459 e. The maximum Gasteiger partial charge on any atom is 0.192 e. The number of nitrogens with one attached hydrogen (secondary N) is 2. The van der Waals surface area contributed by atoms with E-state index in [0.717, 1.165) is 22.7 Å². The molecule has 23 heavy (non-hydrogen) atoms. The van der Waals surface area contributed by atoms with Crippen molar-refractivity contribution in [3.05, 3.63) is 36.1 Å². The average molecular weight is 313 g/mol. The summed E-state index contributed by atoms with van der Waals surface area (Å²) in [5.41, 5.74) is 0.927. The van der Waals surface area contributed by atoms with Crippen LogP contribution in [0.25, 0.3) is 11.0 Å². The van der Waals surface area contributed by atoms with Gasteiger partial charge in [-0.1, -0.05) is 37.5 Å². The van der Waals surface area contributed by atoms with E-state index in [1.165, 1.54) is 32.1 Å². The lowest BCUT2D eigenvalue weighted by Gasteiger charge is -2.25. The van der Waals surface area contributed by atoms with Gasteiger partial charge in [-0.3, -0.25) is 0 Å². The van der Waals surface area contributed by atoms with Gasteiger partial charge in [0.15, 0.2) is 5.96 Å². The molecule has 0 saturated heterocycles. The van der Waals surface area contributed by atoms with Crippen LogP contribution >= 0.6 is 0 Å². The Bertz CT molecular complexity index is 620. The van der Waals surface area contributed by atoms with Crippen molar-refractivity contribution in [2.45, 2.75) is 64.6 Å². The number of benzene rings is 1. The molecule has 1 aromatic heterocycles. The van der Waals surface area contributed by atoms with Crippen molar-refractivity contribution < 1.29 is 4.42 Å². The predicted octanol–water partition coefficient (Wildman–Crippen LogP) is 4.21. The Balaban J connectivity index is 1.68. The number of para-hydroxylation sites is 1. The van der Waals surface area contributed by atoms with Gasteiger partial charge in [0, 0.05) is 17.5 Å². The zero-order valence-electron chi connectivity index (χ0n) is 14.1. The van der Waals surface area contributed by atoms with E-state index in [1.54, 1.807) is 0 Å². The molecule has 0 atom stereocenters. The minimum atomic E-state index is 0.362. The molecule has 2 aromatic rings. The second kappa shape index (κ2) is 7.53. The molecule has 1 aliphatic carbocycles. The zero-order chi connectivity index (χ0) is 16.1. The summed E-state index contributed by atoms with van der Waals surface area (Å²) in [6.45, 7) is 4.84. The molecule has 0 aliphatic heterocycles. The fourth-order valence-corrected chi connectivity index (χ4v) is 3.12. The van der Waals surface area contributed by atoms with Gasteiger partial charge in [0.2, 0.25) is 0 Å². The highest BCUT2D eigenvalue weighted by molar-refractivity contribution is 5.81. The number of guanidine groups is 1. The number of aliphatic imine (C=N–C) groups is 1. The topological polar surface area (TPSA) is 49.6 Å². The van der Waals surface area contributed by atoms with Crippen LogP contribution in [-0.4, -0.2) is 18.0 Å². The predicted molar refractivity (Wildman–Crippen MR) is 95.6 cm³/mol. The molecule has 1 aliphatic rings. The van der Waals surface area contributed by atoms with Crippen molar-refractivity contribution in [2.24, 2.45) is 4.99 Å². The highest BCUT2D eigenvalue weighted by Gasteiger charge is 2.15. The highest BCUT2D eigenvalue weighted by atomic mass is 16.3. The van der Waals surface area contributed by atoms with Crippen molar-refractivity contribution in [3.63, 3.8) is 0 Å². The molecule has 4 heteroatoms. The van der Waals surface area contributed by atoms with Crippen LogP contribution in [-0.2, 0) is 6.54 Å². The van der Waals surface area contributed by atoms with Crippen molar-refractivity contribution >= 4 is 16.9 Å². The SMILES string of the molecule is CC(C)NC(=NCc1cc2ccccc2o1)NC1CCCCC1. The Labute approximate surface area is 138 Å². The molecule has 1 heterocycles. The third-order valence-electron chi connectivity index (χ3n) is 4.24. The molecule has 2 N–H and O–H groups in total. The van der Waals surface area contributed by atoms with Gasteiger partial charge in [-0.15, -0.1) is 0 Å². The van der Waals surface area contributed by atoms with Crippen molar-refractivity contribution in [1.29, 1.82) is 0 Å². The van der Waals surface area contributed by atoms with E-state index in [9.17, 15) is 0 Å². The molecule has 1 aromatic carbocycles. The number of nitrogens with zero attached hydrogens (tertiary/aromatic N) is 1. The Hall–Kier alpha value is -1.97. The van der Waals surface area contributed by atoms with Crippen LogP contribution in [0.4, 0.5) is 0 Å².